The highest BCUT2D eigenvalue weighted by Crippen LogP contribution is 2.31. The Bertz CT molecular complexity index is 2010. The number of alkyl halides is 1. The minimum atomic E-state index is -1.59. The summed E-state index contributed by atoms with van der Waals surface area (Å²) in [6, 6.07) is -2.15. The second-order valence-corrected chi connectivity index (χ2v) is 15.2. The van der Waals surface area contributed by atoms with Gasteiger partial charge in [0.25, 0.3) is 11.1 Å². The Morgan fingerprint density at radius 3 is 1.93 bits per heavy atom. The van der Waals surface area contributed by atoms with E-state index in [9.17, 15) is 38.0 Å². The van der Waals surface area contributed by atoms with Gasteiger partial charge in [0, 0.05) is 54.1 Å². The molecule has 3 N–H and O–H groups in total. The van der Waals surface area contributed by atoms with Crippen LogP contribution < -0.4 is 27.8 Å². The van der Waals surface area contributed by atoms with Crippen LogP contribution in [0.25, 0.3) is 10.4 Å². The molecule has 59 heavy (non-hydrogen) atoms. The summed E-state index contributed by atoms with van der Waals surface area (Å²) in [6.45, 7) is 4.26. The van der Waals surface area contributed by atoms with Gasteiger partial charge in [-0.2, -0.15) is 0 Å². The number of esters is 2. The first-order chi connectivity index (χ1) is 28.3. The van der Waals surface area contributed by atoms with Crippen LogP contribution in [0.4, 0.5) is 4.39 Å². The zero-order valence-corrected chi connectivity index (χ0v) is 34.0. The summed E-state index contributed by atoms with van der Waals surface area (Å²) < 4.78 is 39.4. The van der Waals surface area contributed by atoms with Crippen molar-refractivity contribution >= 4 is 17.8 Å². The van der Waals surface area contributed by atoms with Crippen LogP contribution in [0, 0.1) is 13.8 Å². The van der Waals surface area contributed by atoms with Crippen molar-refractivity contribution in [3.8, 4) is 0 Å². The predicted molar refractivity (Wildman–Crippen MR) is 211 cm³/mol. The number of azide groups is 1. The smallest absolute Gasteiger partial charge is 0.330 e. The fourth-order valence-electron chi connectivity index (χ4n) is 7.07. The van der Waals surface area contributed by atoms with Crippen LogP contribution in [0.2, 0.25) is 0 Å². The highest BCUT2D eigenvalue weighted by molar-refractivity contribution is 5.85. The molecule has 0 radical (unpaired) electrons. The van der Waals surface area contributed by atoms with Crippen molar-refractivity contribution in [3.63, 3.8) is 0 Å². The lowest BCUT2D eigenvalue weighted by Crippen LogP contribution is -2.43. The monoisotopic (exact) mass is 832 g/mol. The van der Waals surface area contributed by atoms with E-state index in [4.69, 9.17) is 24.5 Å². The van der Waals surface area contributed by atoms with Gasteiger partial charge in [0.05, 0.1) is 6.04 Å². The van der Waals surface area contributed by atoms with Crippen LogP contribution in [0.15, 0.2) is 36.7 Å². The SMILES string of the molecule is CCCCCCCCCCCCCC(=O)NC(CCC(=O)OC[C@H]1O[C@@H](n2cc(C)c(=O)[nH]c2=O)C[C@@H]1F)C(=O)OC[C@H]1O[C@@H](n2cc(C)c(=O)[nH]c2=O)C[C@@H]1N=[N+]=[N-]. The molecule has 2 saturated heterocycles. The molecule has 2 aromatic rings. The number of carbonyl (C=O) groups excluding carboxylic acids is 3. The molecule has 2 aliphatic rings. The number of H-pyrrole nitrogens is 2. The molecule has 0 bridgehead atoms. The lowest BCUT2D eigenvalue weighted by molar-refractivity contribution is -0.154. The highest BCUT2D eigenvalue weighted by Gasteiger charge is 2.39. The molecule has 4 heterocycles. The third-order valence-corrected chi connectivity index (χ3v) is 10.5. The molecule has 4 rings (SSSR count). The molecule has 2 fully saturated rings. The number of rotatable bonds is 24. The standard InChI is InChI=1S/C39H57FN8O11/c1-4-5-6-7-8-9-10-11-12-13-14-15-31(49)42-27(16-17-34(50)56-22-29-26(40)18-32(58-29)47-20-24(2)35(51)43-38(47)54)37(53)57-23-30-28(45-46-41)19-33(59-30)48-21-25(3)36(52)44-39(48)55/h20-21,26-30,32-33H,4-19,22-23H2,1-3H3,(H,42,49)(H,43,51,54)(H,44,52,55)/t26-,27?,28-,29+,30+,32+,33+/m0/s1. The molecule has 7 atom stereocenters. The molecule has 2 aromatic heterocycles. The van der Waals surface area contributed by atoms with E-state index in [0.29, 0.717) is 6.42 Å². The maximum Gasteiger partial charge on any atom is 0.330 e. The Morgan fingerprint density at radius 1 is 0.831 bits per heavy atom. The Morgan fingerprint density at radius 2 is 1.36 bits per heavy atom. The number of nitrogens with zero attached hydrogens (tertiary/aromatic N) is 5. The molecule has 1 unspecified atom stereocenters. The molecule has 326 valence electrons. The molecular weight excluding hydrogens is 775 g/mol. The Balaban J connectivity index is 1.31. The highest BCUT2D eigenvalue weighted by atomic mass is 19.1. The van der Waals surface area contributed by atoms with Crippen molar-refractivity contribution in [1.29, 1.82) is 0 Å². The Labute approximate surface area is 340 Å². The number of amides is 1. The van der Waals surface area contributed by atoms with E-state index in [1.807, 2.05) is 0 Å². The second-order valence-electron chi connectivity index (χ2n) is 15.2. The topological polar surface area (TPSA) is 259 Å². The zero-order chi connectivity index (χ0) is 42.9. The molecule has 2 aliphatic heterocycles. The van der Waals surface area contributed by atoms with Crippen molar-refractivity contribution in [2.24, 2.45) is 5.11 Å². The molecule has 0 aliphatic carbocycles. The predicted octanol–water partition coefficient (Wildman–Crippen LogP) is 4.35. The summed E-state index contributed by atoms with van der Waals surface area (Å²) in [5.41, 5.74) is 6.98. The van der Waals surface area contributed by atoms with Gasteiger partial charge in [-0.25, -0.2) is 18.8 Å². The van der Waals surface area contributed by atoms with Crippen LogP contribution in [-0.4, -0.2) is 80.6 Å². The van der Waals surface area contributed by atoms with Gasteiger partial charge in [-0.05, 0) is 32.2 Å². The Hall–Kier alpha value is -5.07. The number of ether oxygens (including phenoxy) is 4. The van der Waals surface area contributed by atoms with Crippen molar-refractivity contribution in [1.82, 2.24) is 24.4 Å². The van der Waals surface area contributed by atoms with Gasteiger partial charge >= 0.3 is 23.3 Å². The average Bonchev–Trinajstić information content (AvgIpc) is 3.78. The van der Waals surface area contributed by atoms with E-state index < -0.39 is 96.5 Å². The summed E-state index contributed by atoms with van der Waals surface area (Å²) in [4.78, 5) is 94.8. The van der Waals surface area contributed by atoms with Crippen LogP contribution in [0.5, 0.6) is 0 Å². The summed E-state index contributed by atoms with van der Waals surface area (Å²) >= 11 is 0. The van der Waals surface area contributed by atoms with Gasteiger partial charge in [-0.1, -0.05) is 76.2 Å². The first-order valence-electron chi connectivity index (χ1n) is 20.6. The number of carbonyl (C=O) groups is 3. The van der Waals surface area contributed by atoms with Crippen LogP contribution in [0.3, 0.4) is 0 Å². The first kappa shape index (κ1) is 46.6. The molecule has 19 nitrogen and oxygen atoms in total. The summed E-state index contributed by atoms with van der Waals surface area (Å²) in [5, 5.41) is 6.38. The van der Waals surface area contributed by atoms with E-state index in [-0.39, 0.29) is 43.2 Å². The fourth-order valence-corrected chi connectivity index (χ4v) is 7.07. The van der Waals surface area contributed by atoms with Crippen LogP contribution in [-0.2, 0) is 33.3 Å². The lowest BCUT2D eigenvalue weighted by Gasteiger charge is -2.21. The van der Waals surface area contributed by atoms with E-state index in [1.54, 1.807) is 0 Å². The summed E-state index contributed by atoms with van der Waals surface area (Å²) in [5.74, 6) is -2.14. The Kier molecular flexibility index (Phi) is 18.6. The molecule has 1 amide bonds. The van der Waals surface area contributed by atoms with Gasteiger partial charge in [0.2, 0.25) is 5.91 Å². The number of aromatic nitrogens is 4. The number of aromatic amines is 2. The van der Waals surface area contributed by atoms with Gasteiger partial charge < -0.3 is 24.3 Å². The van der Waals surface area contributed by atoms with Gasteiger partial charge in [0.15, 0.2) is 0 Å². The number of unbranched alkanes of at least 4 members (excludes halogenated alkanes) is 10. The van der Waals surface area contributed by atoms with Gasteiger partial charge in [-0.3, -0.25) is 38.3 Å². The van der Waals surface area contributed by atoms with Gasteiger partial charge in [-0.15, -0.1) is 0 Å². The van der Waals surface area contributed by atoms with E-state index >= 15 is 0 Å². The molecule has 0 aromatic carbocycles. The number of hydrogen-bond acceptors (Lipinski definition) is 12. The van der Waals surface area contributed by atoms with Crippen molar-refractivity contribution in [2.75, 3.05) is 13.2 Å². The van der Waals surface area contributed by atoms with E-state index in [1.165, 1.54) is 64.8 Å². The van der Waals surface area contributed by atoms with Crippen molar-refractivity contribution < 1.29 is 37.7 Å². The molecule has 20 heteroatoms. The molecule has 0 saturated carbocycles. The summed E-state index contributed by atoms with van der Waals surface area (Å²) in [7, 11) is 0. The van der Waals surface area contributed by atoms with Crippen LogP contribution in [0.1, 0.15) is 133 Å². The minimum Gasteiger partial charge on any atom is -0.463 e. The quantitative estimate of drug-likeness (QED) is 0.0440. The second kappa shape index (κ2) is 23.5. The number of nitrogens with one attached hydrogen (secondary N) is 3. The maximum atomic E-state index is 14.9. The number of aryl methyl sites for hydroxylation is 2. The minimum absolute atomic E-state index is 0.0368. The van der Waals surface area contributed by atoms with E-state index in [2.05, 4.69) is 32.2 Å². The fraction of sp³-hybridized carbons (Fsp3) is 0.718. The maximum absolute atomic E-state index is 14.9. The molecular formula is C39H57FN8O11. The van der Waals surface area contributed by atoms with Crippen LogP contribution >= 0.6 is 0 Å². The van der Waals surface area contributed by atoms with Crippen molar-refractivity contribution in [3.05, 3.63) is 75.6 Å². The number of hydrogen-bond donors (Lipinski definition) is 3. The van der Waals surface area contributed by atoms with Crippen molar-refractivity contribution in [2.45, 2.75) is 166 Å². The normalized spacial score (nSPS) is 21.8. The van der Waals surface area contributed by atoms with E-state index in [0.717, 1.165) is 34.8 Å². The summed E-state index contributed by atoms with van der Waals surface area (Å²) in [6.07, 6.45) is 8.21. The average molecular weight is 833 g/mol. The molecule has 0 spiro atoms. The number of halogens is 1. The lowest BCUT2D eigenvalue weighted by atomic mass is 10.0. The first-order valence-corrected chi connectivity index (χ1v) is 20.6. The third kappa shape index (κ3) is 14.3. The third-order valence-electron chi connectivity index (χ3n) is 10.5. The van der Waals surface area contributed by atoms with Gasteiger partial charge in [0.1, 0.15) is 50.1 Å². The largest absolute Gasteiger partial charge is 0.463 e. The zero-order valence-electron chi connectivity index (χ0n) is 34.0.